The zero-order valence-electron chi connectivity index (χ0n) is 14.0. The number of benzene rings is 3. The molecule has 3 aromatic carbocycles. The van der Waals surface area contributed by atoms with E-state index in [9.17, 15) is 4.79 Å². The van der Waals surface area contributed by atoms with Crippen LogP contribution in [0, 0.1) is 0 Å². The summed E-state index contributed by atoms with van der Waals surface area (Å²) >= 11 is 0. The van der Waals surface area contributed by atoms with E-state index in [0.29, 0.717) is 23.7 Å². The number of nitrogens with two attached hydrogens (primary N) is 1. The van der Waals surface area contributed by atoms with E-state index in [1.165, 1.54) is 6.26 Å². The molecule has 0 aliphatic heterocycles. The lowest BCUT2D eigenvalue weighted by atomic mass is 10.0. The summed E-state index contributed by atoms with van der Waals surface area (Å²) in [7, 11) is 0. The molecule has 0 spiro atoms. The van der Waals surface area contributed by atoms with Gasteiger partial charge in [0.2, 0.25) is 5.89 Å². The van der Waals surface area contributed by atoms with Crippen LogP contribution in [0.1, 0.15) is 16.1 Å². The van der Waals surface area contributed by atoms with Gasteiger partial charge in [-0.2, -0.15) is 0 Å². The van der Waals surface area contributed by atoms with E-state index in [-0.39, 0.29) is 11.6 Å². The summed E-state index contributed by atoms with van der Waals surface area (Å²) in [6.07, 6.45) is 1.35. The van der Waals surface area contributed by atoms with Gasteiger partial charge in [-0.05, 0) is 28.5 Å². The van der Waals surface area contributed by atoms with Gasteiger partial charge in [-0.1, -0.05) is 54.6 Å². The first-order valence-electron chi connectivity index (χ1n) is 8.27. The number of fused-ring (bicyclic) bond motifs is 1. The Morgan fingerprint density at radius 1 is 1.00 bits per heavy atom. The Bertz CT molecular complexity index is 1080. The number of para-hydroxylation sites is 1. The maximum Gasteiger partial charge on any atom is 0.273 e. The predicted molar refractivity (Wildman–Crippen MR) is 101 cm³/mol. The first kappa shape index (κ1) is 15.9. The van der Waals surface area contributed by atoms with Crippen molar-refractivity contribution in [3.63, 3.8) is 0 Å². The third-order valence-electron chi connectivity index (χ3n) is 4.25. The number of oxazole rings is 1. The highest BCUT2D eigenvalue weighted by Crippen LogP contribution is 2.24. The van der Waals surface area contributed by atoms with Gasteiger partial charge in [0.05, 0.1) is 5.56 Å². The van der Waals surface area contributed by atoms with Crippen LogP contribution in [0.3, 0.4) is 0 Å². The topological polar surface area (TPSA) is 81.1 Å². The molecule has 0 atom stereocenters. The van der Waals surface area contributed by atoms with Crippen molar-refractivity contribution in [2.75, 3.05) is 5.73 Å². The third kappa shape index (κ3) is 3.02. The van der Waals surface area contributed by atoms with Crippen molar-refractivity contribution in [2.45, 2.75) is 6.54 Å². The number of aromatic nitrogens is 1. The Labute approximate surface area is 150 Å². The number of hydrogen-bond acceptors (Lipinski definition) is 4. The largest absolute Gasteiger partial charge is 0.444 e. The first-order chi connectivity index (χ1) is 12.7. The van der Waals surface area contributed by atoms with Crippen molar-refractivity contribution in [3.05, 3.63) is 84.3 Å². The van der Waals surface area contributed by atoms with Crippen LogP contribution < -0.4 is 11.1 Å². The number of anilines is 1. The molecule has 3 N–H and O–H groups in total. The van der Waals surface area contributed by atoms with Gasteiger partial charge in [0.1, 0.15) is 6.26 Å². The fourth-order valence-corrected chi connectivity index (χ4v) is 2.91. The van der Waals surface area contributed by atoms with E-state index in [0.717, 1.165) is 16.3 Å². The van der Waals surface area contributed by atoms with Crippen molar-refractivity contribution in [3.8, 4) is 11.5 Å². The fourth-order valence-electron chi connectivity index (χ4n) is 2.91. The van der Waals surface area contributed by atoms with Crippen LogP contribution in [0.2, 0.25) is 0 Å². The number of rotatable bonds is 4. The van der Waals surface area contributed by atoms with E-state index in [1.54, 1.807) is 12.1 Å². The van der Waals surface area contributed by atoms with Crippen LogP contribution in [0.25, 0.3) is 22.2 Å². The Balaban J connectivity index is 1.51. The molecule has 1 aromatic heterocycles. The van der Waals surface area contributed by atoms with E-state index in [1.807, 2.05) is 42.5 Å². The maximum absolute atomic E-state index is 12.4. The average Bonchev–Trinajstić information content (AvgIpc) is 3.16. The molecule has 0 unspecified atom stereocenters. The monoisotopic (exact) mass is 343 g/mol. The van der Waals surface area contributed by atoms with Crippen LogP contribution in [-0.2, 0) is 6.54 Å². The second-order valence-corrected chi connectivity index (χ2v) is 5.95. The van der Waals surface area contributed by atoms with Crippen molar-refractivity contribution in [2.24, 2.45) is 0 Å². The van der Waals surface area contributed by atoms with Crippen LogP contribution in [-0.4, -0.2) is 10.9 Å². The zero-order valence-corrected chi connectivity index (χ0v) is 14.0. The lowest BCUT2D eigenvalue weighted by Gasteiger charge is -2.07. The molecule has 1 amide bonds. The normalized spacial score (nSPS) is 10.8. The van der Waals surface area contributed by atoms with Gasteiger partial charge >= 0.3 is 0 Å². The highest BCUT2D eigenvalue weighted by molar-refractivity contribution is 5.93. The van der Waals surface area contributed by atoms with Crippen molar-refractivity contribution in [1.82, 2.24) is 10.3 Å². The Kier molecular flexibility index (Phi) is 4.11. The lowest BCUT2D eigenvalue weighted by Crippen LogP contribution is -2.23. The zero-order chi connectivity index (χ0) is 17.9. The average molecular weight is 343 g/mol. The maximum atomic E-state index is 12.4. The molecular formula is C21H17N3O2. The lowest BCUT2D eigenvalue weighted by molar-refractivity contribution is 0.0946. The Morgan fingerprint density at radius 3 is 2.65 bits per heavy atom. The standard InChI is InChI=1S/C21H17N3O2/c22-18-11-4-3-10-17(18)21-24-19(13-26-21)20(25)23-12-15-8-5-7-14-6-1-2-9-16(14)15/h1-11,13H,12,22H2,(H,23,25). The molecule has 5 nitrogen and oxygen atoms in total. The molecule has 0 aliphatic carbocycles. The molecule has 4 aromatic rings. The van der Waals surface area contributed by atoms with Crippen LogP contribution in [0.5, 0.6) is 0 Å². The van der Waals surface area contributed by atoms with E-state index >= 15 is 0 Å². The predicted octanol–water partition coefficient (Wildman–Crippen LogP) is 4.01. The molecule has 0 aliphatic rings. The van der Waals surface area contributed by atoms with Gasteiger partial charge in [-0.15, -0.1) is 0 Å². The quantitative estimate of drug-likeness (QED) is 0.549. The Morgan fingerprint density at radius 2 is 1.77 bits per heavy atom. The molecule has 0 saturated carbocycles. The number of nitrogens with zero attached hydrogens (tertiary/aromatic N) is 1. The van der Waals surface area contributed by atoms with Crippen LogP contribution >= 0.6 is 0 Å². The molecule has 26 heavy (non-hydrogen) atoms. The second kappa shape index (κ2) is 6.72. The minimum Gasteiger partial charge on any atom is -0.444 e. The SMILES string of the molecule is Nc1ccccc1-c1nc(C(=O)NCc2cccc3ccccc23)co1. The van der Waals surface area contributed by atoms with E-state index in [2.05, 4.69) is 22.4 Å². The minimum atomic E-state index is -0.289. The molecule has 0 bridgehead atoms. The summed E-state index contributed by atoms with van der Waals surface area (Å²) in [5.41, 5.74) is 8.42. The van der Waals surface area contributed by atoms with Crippen molar-refractivity contribution < 1.29 is 9.21 Å². The number of hydrogen-bond donors (Lipinski definition) is 2. The van der Waals surface area contributed by atoms with Gasteiger partial charge in [0.15, 0.2) is 5.69 Å². The second-order valence-electron chi connectivity index (χ2n) is 5.95. The fraction of sp³-hybridized carbons (Fsp3) is 0.0476. The minimum absolute atomic E-state index is 0.225. The molecule has 5 heteroatoms. The molecule has 4 rings (SSSR count). The Hall–Kier alpha value is -3.60. The highest BCUT2D eigenvalue weighted by Gasteiger charge is 2.15. The number of amides is 1. The van der Waals surface area contributed by atoms with Gasteiger partial charge in [0.25, 0.3) is 5.91 Å². The van der Waals surface area contributed by atoms with Crippen molar-refractivity contribution in [1.29, 1.82) is 0 Å². The summed E-state index contributed by atoms with van der Waals surface area (Å²) < 4.78 is 5.42. The molecular weight excluding hydrogens is 326 g/mol. The number of nitrogens with one attached hydrogen (secondary N) is 1. The van der Waals surface area contributed by atoms with Crippen LogP contribution in [0.15, 0.2) is 77.4 Å². The van der Waals surface area contributed by atoms with E-state index < -0.39 is 0 Å². The molecule has 1 heterocycles. The van der Waals surface area contributed by atoms with Gasteiger partial charge in [-0.25, -0.2) is 4.98 Å². The molecule has 128 valence electrons. The summed E-state index contributed by atoms with van der Waals surface area (Å²) in [5.74, 6) is 0.0425. The summed E-state index contributed by atoms with van der Waals surface area (Å²) in [6.45, 7) is 0.413. The van der Waals surface area contributed by atoms with Crippen LogP contribution in [0.4, 0.5) is 5.69 Å². The van der Waals surface area contributed by atoms with Gasteiger partial charge in [-0.3, -0.25) is 4.79 Å². The van der Waals surface area contributed by atoms with Gasteiger partial charge < -0.3 is 15.5 Å². The van der Waals surface area contributed by atoms with Crippen molar-refractivity contribution >= 4 is 22.4 Å². The number of nitrogen functional groups attached to an aromatic ring is 1. The molecule has 0 saturated heterocycles. The van der Waals surface area contributed by atoms with E-state index in [4.69, 9.17) is 10.2 Å². The summed E-state index contributed by atoms with van der Waals surface area (Å²) in [4.78, 5) is 16.7. The molecule has 0 radical (unpaired) electrons. The smallest absolute Gasteiger partial charge is 0.273 e. The highest BCUT2D eigenvalue weighted by atomic mass is 16.3. The molecule has 0 fully saturated rings. The first-order valence-corrected chi connectivity index (χ1v) is 8.27. The summed E-state index contributed by atoms with van der Waals surface area (Å²) in [6, 6.07) is 21.4. The third-order valence-corrected chi connectivity index (χ3v) is 4.25. The van der Waals surface area contributed by atoms with Gasteiger partial charge in [0, 0.05) is 12.2 Å². The number of carbonyl (C=O) groups is 1. The number of carbonyl (C=O) groups excluding carboxylic acids is 1. The summed E-state index contributed by atoms with van der Waals surface area (Å²) in [5, 5.41) is 5.15.